The van der Waals surface area contributed by atoms with E-state index in [1.807, 2.05) is 17.0 Å². The molecule has 128 valence electrons. The minimum Gasteiger partial charge on any atom is -0.370 e. The molecule has 1 N–H and O–H groups in total. The van der Waals surface area contributed by atoms with Crippen LogP contribution < -0.4 is 5.32 Å². The van der Waals surface area contributed by atoms with Gasteiger partial charge in [-0.05, 0) is 37.1 Å². The van der Waals surface area contributed by atoms with Gasteiger partial charge in [0.2, 0.25) is 5.91 Å². The first-order valence-electron chi connectivity index (χ1n) is 7.74. The van der Waals surface area contributed by atoms with Crippen LogP contribution in [-0.2, 0) is 9.53 Å². The Kier molecular flexibility index (Phi) is 6.99. The minimum absolute atomic E-state index is 0. The number of morpholine rings is 1. The number of nitrogens with one attached hydrogen (secondary N) is 1. The molecule has 0 saturated carbocycles. The quantitative estimate of drug-likeness (QED) is 0.855. The Morgan fingerprint density at radius 1 is 1.26 bits per heavy atom. The summed E-state index contributed by atoms with van der Waals surface area (Å²) in [6.45, 7) is 2.68. The molecule has 1 aromatic rings. The van der Waals surface area contributed by atoms with Crippen molar-refractivity contribution in [2.45, 2.75) is 31.4 Å². The number of carbonyl (C=O) groups is 1. The van der Waals surface area contributed by atoms with E-state index in [1.54, 1.807) is 6.07 Å². The van der Waals surface area contributed by atoms with E-state index in [2.05, 4.69) is 5.32 Å². The Bertz CT molecular complexity index is 550. The average Bonchev–Trinajstić information content (AvgIpc) is 2.57. The topological polar surface area (TPSA) is 41.6 Å². The van der Waals surface area contributed by atoms with Gasteiger partial charge in [-0.15, -0.1) is 12.4 Å². The van der Waals surface area contributed by atoms with Gasteiger partial charge < -0.3 is 15.0 Å². The van der Waals surface area contributed by atoms with Crippen molar-refractivity contribution < 1.29 is 9.53 Å². The number of piperidine rings is 1. The maximum absolute atomic E-state index is 12.6. The second-order valence-corrected chi connectivity index (χ2v) is 6.63. The van der Waals surface area contributed by atoms with E-state index in [0.717, 1.165) is 31.4 Å². The summed E-state index contributed by atoms with van der Waals surface area (Å²) < 4.78 is 5.81. The number of benzene rings is 1. The smallest absolute Gasteiger partial charge is 0.239 e. The molecule has 2 heterocycles. The van der Waals surface area contributed by atoms with Crippen LogP contribution >= 0.6 is 35.6 Å². The van der Waals surface area contributed by atoms with Crippen molar-refractivity contribution in [1.29, 1.82) is 0 Å². The van der Waals surface area contributed by atoms with E-state index in [0.29, 0.717) is 29.7 Å². The van der Waals surface area contributed by atoms with Crippen LogP contribution in [0.15, 0.2) is 18.2 Å². The lowest BCUT2D eigenvalue weighted by Gasteiger charge is -2.36. The molecule has 1 aromatic carbocycles. The zero-order valence-electron chi connectivity index (χ0n) is 12.8. The first kappa shape index (κ1) is 18.8. The van der Waals surface area contributed by atoms with Crippen LogP contribution in [0.4, 0.5) is 0 Å². The molecule has 2 aliphatic heterocycles. The van der Waals surface area contributed by atoms with Crippen molar-refractivity contribution in [3.05, 3.63) is 33.8 Å². The lowest BCUT2D eigenvalue weighted by molar-refractivity contribution is -0.141. The summed E-state index contributed by atoms with van der Waals surface area (Å²) in [5.74, 6) is 0.188. The highest BCUT2D eigenvalue weighted by atomic mass is 35.5. The fraction of sp³-hybridized carbons (Fsp3) is 0.562. The molecule has 0 aromatic heterocycles. The van der Waals surface area contributed by atoms with E-state index in [4.69, 9.17) is 27.9 Å². The number of ether oxygens (including phenoxy) is 1. The number of nitrogens with zero attached hydrogens (tertiary/aromatic N) is 1. The van der Waals surface area contributed by atoms with Gasteiger partial charge in [0.05, 0.1) is 29.2 Å². The Morgan fingerprint density at radius 3 is 2.78 bits per heavy atom. The van der Waals surface area contributed by atoms with Gasteiger partial charge in [0.15, 0.2) is 0 Å². The highest BCUT2D eigenvalue weighted by Gasteiger charge is 2.30. The summed E-state index contributed by atoms with van der Waals surface area (Å²) in [6, 6.07) is 5.46. The minimum atomic E-state index is -0.143. The first-order valence-corrected chi connectivity index (χ1v) is 8.49. The zero-order valence-corrected chi connectivity index (χ0v) is 15.1. The highest BCUT2D eigenvalue weighted by molar-refractivity contribution is 6.42. The molecule has 0 spiro atoms. The third-order valence-corrected chi connectivity index (χ3v) is 5.04. The highest BCUT2D eigenvalue weighted by Crippen LogP contribution is 2.29. The second-order valence-electron chi connectivity index (χ2n) is 5.82. The zero-order chi connectivity index (χ0) is 15.5. The van der Waals surface area contributed by atoms with E-state index < -0.39 is 0 Å². The molecule has 2 fully saturated rings. The van der Waals surface area contributed by atoms with Crippen LogP contribution in [0.3, 0.4) is 0 Å². The van der Waals surface area contributed by atoms with Crippen molar-refractivity contribution >= 4 is 41.5 Å². The summed E-state index contributed by atoms with van der Waals surface area (Å²) in [5.41, 5.74) is 0.962. The van der Waals surface area contributed by atoms with Gasteiger partial charge in [-0.1, -0.05) is 35.7 Å². The van der Waals surface area contributed by atoms with Gasteiger partial charge in [-0.3, -0.25) is 4.79 Å². The molecule has 0 aliphatic carbocycles. The standard InChI is InChI=1S/C16H20Cl2N2O2.ClH/c17-12-5-4-11(9-13(12)18)15-10-20(7-8-22-15)16(21)14-3-1-2-6-19-14;/h4-5,9,14-15,19H,1-3,6-8,10H2;1H. The maximum Gasteiger partial charge on any atom is 0.239 e. The Hall–Kier alpha value is -0.520. The number of rotatable bonds is 2. The van der Waals surface area contributed by atoms with E-state index >= 15 is 0 Å². The Morgan fingerprint density at radius 2 is 2.09 bits per heavy atom. The fourth-order valence-corrected chi connectivity index (χ4v) is 3.35. The number of carbonyl (C=O) groups excluding carboxylic acids is 1. The van der Waals surface area contributed by atoms with Crippen LogP contribution in [-0.4, -0.2) is 43.1 Å². The molecule has 3 rings (SSSR count). The predicted molar refractivity (Wildman–Crippen MR) is 94.6 cm³/mol. The number of hydrogen-bond donors (Lipinski definition) is 1. The maximum atomic E-state index is 12.6. The largest absolute Gasteiger partial charge is 0.370 e. The van der Waals surface area contributed by atoms with Gasteiger partial charge in [0, 0.05) is 6.54 Å². The fourth-order valence-electron chi connectivity index (χ4n) is 3.05. The van der Waals surface area contributed by atoms with Crippen LogP contribution in [0.1, 0.15) is 30.9 Å². The second kappa shape index (κ2) is 8.54. The molecule has 0 radical (unpaired) electrons. The van der Waals surface area contributed by atoms with Crippen molar-refractivity contribution in [3.63, 3.8) is 0 Å². The van der Waals surface area contributed by atoms with E-state index in [-0.39, 0.29) is 30.5 Å². The molecule has 2 atom stereocenters. The molecular formula is C16H21Cl3N2O2. The third kappa shape index (κ3) is 4.52. The molecule has 1 amide bonds. The van der Waals surface area contributed by atoms with Crippen LogP contribution in [0.25, 0.3) is 0 Å². The van der Waals surface area contributed by atoms with Crippen molar-refractivity contribution in [1.82, 2.24) is 10.2 Å². The number of amides is 1. The predicted octanol–water partition coefficient (Wildman–Crippen LogP) is 3.46. The van der Waals surface area contributed by atoms with E-state index in [1.165, 1.54) is 0 Å². The van der Waals surface area contributed by atoms with E-state index in [9.17, 15) is 4.79 Å². The average molecular weight is 380 g/mol. The van der Waals surface area contributed by atoms with Crippen molar-refractivity contribution in [2.75, 3.05) is 26.2 Å². The third-order valence-electron chi connectivity index (χ3n) is 4.30. The summed E-state index contributed by atoms with van der Waals surface area (Å²) in [6.07, 6.45) is 3.05. The van der Waals surface area contributed by atoms with Gasteiger partial charge in [-0.25, -0.2) is 0 Å². The summed E-state index contributed by atoms with van der Waals surface area (Å²) in [4.78, 5) is 14.5. The molecule has 2 unspecified atom stereocenters. The van der Waals surface area contributed by atoms with Gasteiger partial charge in [-0.2, -0.15) is 0 Å². The van der Waals surface area contributed by atoms with Crippen molar-refractivity contribution in [3.8, 4) is 0 Å². The SMILES string of the molecule is Cl.O=C(C1CCCCN1)N1CCOC(c2ccc(Cl)c(Cl)c2)C1. The molecule has 2 aliphatic rings. The van der Waals surface area contributed by atoms with Gasteiger partial charge in [0.25, 0.3) is 0 Å². The molecule has 2 saturated heterocycles. The molecule has 4 nitrogen and oxygen atoms in total. The summed E-state index contributed by atoms with van der Waals surface area (Å²) >= 11 is 12.0. The first-order chi connectivity index (χ1) is 10.6. The normalized spacial score (nSPS) is 24.9. The molecule has 7 heteroatoms. The summed E-state index contributed by atoms with van der Waals surface area (Å²) in [5, 5.41) is 4.36. The number of hydrogen-bond acceptors (Lipinski definition) is 3. The molecular weight excluding hydrogens is 359 g/mol. The van der Waals surface area contributed by atoms with Gasteiger partial charge in [0.1, 0.15) is 6.10 Å². The Balaban J connectivity index is 0.00000192. The van der Waals surface area contributed by atoms with Crippen LogP contribution in [0.5, 0.6) is 0 Å². The van der Waals surface area contributed by atoms with Crippen molar-refractivity contribution in [2.24, 2.45) is 0 Å². The van der Waals surface area contributed by atoms with Gasteiger partial charge >= 0.3 is 0 Å². The lowest BCUT2D eigenvalue weighted by Crippen LogP contribution is -2.52. The molecule has 0 bridgehead atoms. The number of halogens is 3. The monoisotopic (exact) mass is 378 g/mol. The Labute approximate surface area is 152 Å². The summed E-state index contributed by atoms with van der Waals surface area (Å²) in [7, 11) is 0. The van der Waals surface area contributed by atoms with Crippen LogP contribution in [0.2, 0.25) is 10.0 Å². The molecule has 23 heavy (non-hydrogen) atoms. The van der Waals surface area contributed by atoms with Crippen LogP contribution in [0, 0.1) is 0 Å². The lowest BCUT2D eigenvalue weighted by atomic mass is 10.0.